The fourth-order valence-corrected chi connectivity index (χ4v) is 3.65. The number of nitrogens with two attached hydrogens (primary N) is 1. The third-order valence-corrected chi connectivity index (χ3v) is 4.62. The molecule has 0 bridgehead atoms. The second-order valence-corrected chi connectivity index (χ2v) is 6.51. The van der Waals surface area contributed by atoms with Gasteiger partial charge >= 0.3 is 0 Å². The zero-order chi connectivity index (χ0) is 14.0. The Morgan fingerprint density at radius 1 is 1.47 bits per heavy atom. The van der Waals surface area contributed by atoms with Crippen LogP contribution in [0.15, 0.2) is 28.6 Å². The van der Waals surface area contributed by atoms with Gasteiger partial charge in [0.15, 0.2) is 5.13 Å². The highest BCUT2D eigenvalue weighted by Crippen LogP contribution is 2.25. The Bertz CT molecular complexity index is 689. The lowest BCUT2D eigenvalue weighted by Gasteiger charge is -2.09. The van der Waals surface area contributed by atoms with Gasteiger partial charge in [0.25, 0.3) is 10.0 Å². The highest BCUT2D eigenvalue weighted by Gasteiger charge is 2.23. The zero-order valence-corrected chi connectivity index (χ0v) is 11.8. The van der Waals surface area contributed by atoms with Gasteiger partial charge in [0.2, 0.25) is 0 Å². The minimum Gasteiger partial charge on any atom is -0.326 e. The van der Waals surface area contributed by atoms with Gasteiger partial charge in [-0.15, -0.1) is 11.3 Å². The topological polar surface area (TPSA) is 85.1 Å². The fourth-order valence-electron chi connectivity index (χ4n) is 1.41. The molecule has 1 heterocycles. The van der Waals surface area contributed by atoms with Crippen molar-refractivity contribution in [3.8, 4) is 0 Å². The maximum absolute atomic E-state index is 14.0. The van der Waals surface area contributed by atoms with Crippen molar-refractivity contribution < 1.29 is 12.8 Å². The number of sulfonamides is 1. The normalized spacial score (nSPS) is 11.5. The van der Waals surface area contributed by atoms with Crippen molar-refractivity contribution in [2.24, 2.45) is 5.73 Å². The Morgan fingerprint density at radius 2 is 2.21 bits per heavy atom. The van der Waals surface area contributed by atoms with Gasteiger partial charge in [0.05, 0.1) is 0 Å². The Kier molecular flexibility index (Phi) is 4.04. The summed E-state index contributed by atoms with van der Waals surface area (Å²) in [5.41, 5.74) is 5.38. The van der Waals surface area contributed by atoms with Crippen molar-refractivity contribution >= 4 is 38.1 Å². The van der Waals surface area contributed by atoms with E-state index in [9.17, 15) is 12.8 Å². The SMILES string of the molecule is NCc1cc(Cl)cc(S(=O)(=O)Nc2nccs2)c1F. The molecule has 5 nitrogen and oxygen atoms in total. The molecule has 0 amide bonds. The van der Waals surface area contributed by atoms with E-state index >= 15 is 0 Å². The van der Waals surface area contributed by atoms with Gasteiger partial charge in [-0.2, -0.15) is 0 Å². The van der Waals surface area contributed by atoms with Gasteiger partial charge in [-0.25, -0.2) is 17.8 Å². The fraction of sp³-hybridized carbons (Fsp3) is 0.100. The van der Waals surface area contributed by atoms with Gasteiger partial charge < -0.3 is 5.73 Å². The van der Waals surface area contributed by atoms with E-state index in [1.54, 1.807) is 5.38 Å². The number of anilines is 1. The molecule has 19 heavy (non-hydrogen) atoms. The number of rotatable bonds is 4. The first kappa shape index (κ1) is 14.2. The molecule has 2 rings (SSSR count). The average molecular weight is 322 g/mol. The minimum absolute atomic E-state index is 0.0343. The molecule has 0 saturated carbocycles. The average Bonchev–Trinajstić information content (AvgIpc) is 2.83. The third kappa shape index (κ3) is 3.03. The van der Waals surface area contributed by atoms with Crippen LogP contribution < -0.4 is 10.5 Å². The molecule has 2 aromatic rings. The van der Waals surface area contributed by atoms with Crippen molar-refractivity contribution in [2.75, 3.05) is 4.72 Å². The summed E-state index contributed by atoms with van der Waals surface area (Å²) in [6.45, 7) is -0.147. The van der Waals surface area contributed by atoms with Crippen molar-refractivity contribution in [2.45, 2.75) is 11.4 Å². The van der Waals surface area contributed by atoms with E-state index < -0.39 is 20.7 Å². The second kappa shape index (κ2) is 5.41. The van der Waals surface area contributed by atoms with Crippen LogP contribution in [-0.2, 0) is 16.6 Å². The summed E-state index contributed by atoms with van der Waals surface area (Å²) in [5, 5.41) is 1.84. The monoisotopic (exact) mass is 321 g/mol. The standard InChI is InChI=1S/C10H9ClFN3O2S2/c11-7-3-6(5-13)9(12)8(4-7)19(16,17)15-10-14-1-2-18-10/h1-4H,5,13H2,(H,14,15). The number of aromatic nitrogens is 1. The van der Waals surface area contributed by atoms with Crippen LogP contribution in [0.5, 0.6) is 0 Å². The van der Waals surface area contributed by atoms with E-state index in [0.29, 0.717) is 0 Å². The molecule has 0 spiro atoms. The molecule has 0 unspecified atom stereocenters. The van der Waals surface area contributed by atoms with Gasteiger partial charge in [-0.3, -0.25) is 4.72 Å². The molecule has 0 aliphatic carbocycles. The van der Waals surface area contributed by atoms with Crippen LogP contribution in [0.25, 0.3) is 0 Å². The van der Waals surface area contributed by atoms with Crippen LogP contribution >= 0.6 is 22.9 Å². The Morgan fingerprint density at radius 3 is 2.79 bits per heavy atom. The number of hydrogen-bond acceptors (Lipinski definition) is 5. The van der Waals surface area contributed by atoms with Crippen LogP contribution in [-0.4, -0.2) is 13.4 Å². The third-order valence-electron chi connectivity index (χ3n) is 2.24. The summed E-state index contributed by atoms with van der Waals surface area (Å²) in [7, 11) is -4.09. The maximum Gasteiger partial charge on any atom is 0.266 e. The quantitative estimate of drug-likeness (QED) is 0.904. The van der Waals surface area contributed by atoms with Crippen LogP contribution in [0.4, 0.5) is 9.52 Å². The van der Waals surface area contributed by atoms with Crippen LogP contribution in [0.2, 0.25) is 5.02 Å². The highest BCUT2D eigenvalue weighted by molar-refractivity contribution is 7.93. The van der Waals surface area contributed by atoms with E-state index in [1.165, 1.54) is 12.3 Å². The Balaban J connectivity index is 2.48. The molecule has 0 aliphatic heterocycles. The molecular weight excluding hydrogens is 313 g/mol. The van der Waals surface area contributed by atoms with Gasteiger partial charge in [-0.1, -0.05) is 11.6 Å². The number of benzene rings is 1. The predicted octanol–water partition coefficient (Wildman–Crippen LogP) is 2.20. The van der Waals surface area contributed by atoms with Crippen LogP contribution in [0.1, 0.15) is 5.56 Å². The number of halogens is 2. The first-order chi connectivity index (χ1) is 8.94. The minimum atomic E-state index is -4.09. The second-order valence-electron chi connectivity index (χ2n) is 3.52. The molecule has 0 atom stereocenters. The smallest absolute Gasteiger partial charge is 0.266 e. The van der Waals surface area contributed by atoms with Gasteiger partial charge in [0, 0.05) is 28.7 Å². The van der Waals surface area contributed by atoms with Crippen molar-refractivity contribution in [1.82, 2.24) is 4.98 Å². The maximum atomic E-state index is 14.0. The van der Waals surface area contributed by atoms with E-state index in [0.717, 1.165) is 17.4 Å². The number of hydrogen-bond donors (Lipinski definition) is 2. The highest BCUT2D eigenvalue weighted by atomic mass is 35.5. The van der Waals surface area contributed by atoms with E-state index in [4.69, 9.17) is 17.3 Å². The largest absolute Gasteiger partial charge is 0.326 e. The summed E-state index contributed by atoms with van der Waals surface area (Å²) in [5.74, 6) is -0.907. The predicted molar refractivity (Wildman–Crippen MR) is 72.2 cm³/mol. The summed E-state index contributed by atoms with van der Waals surface area (Å²) in [6.07, 6.45) is 1.43. The van der Waals surface area contributed by atoms with Crippen molar-refractivity contribution in [3.63, 3.8) is 0 Å². The van der Waals surface area contributed by atoms with Crippen LogP contribution in [0, 0.1) is 5.82 Å². The number of nitrogens with zero attached hydrogens (tertiary/aromatic N) is 1. The van der Waals surface area contributed by atoms with E-state index in [-0.39, 0.29) is 22.3 Å². The van der Waals surface area contributed by atoms with Crippen molar-refractivity contribution in [1.29, 1.82) is 0 Å². The molecular formula is C10H9ClFN3O2S2. The first-order valence-electron chi connectivity index (χ1n) is 5.04. The van der Waals surface area contributed by atoms with Crippen molar-refractivity contribution in [3.05, 3.63) is 40.1 Å². The van der Waals surface area contributed by atoms with Gasteiger partial charge in [0.1, 0.15) is 10.7 Å². The van der Waals surface area contributed by atoms with E-state index in [1.807, 2.05) is 0 Å². The molecule has 0 radical (unpaired) electrons. The molecule has 3 N–H and O–H groups in total. The zero-order valence-electron chi connectivity index (χ0n) is 9.43. The lowest BCUT2D eigenvalue weighted by atomic mass is 10.2. The molecule has 9 heteroatoms. The van der Waals surface area contributed by atoms with Gasteiger partial charge in [-0.05, 0) is 12.1 Å². The Labute approximate surface area is 118 Å². The van der Waals surface area contributed by atoms with Crippen LogP contribution in [0.3, 0.4) is 0 Å². The Hall–Kier alpha value is -1.22. The van der Waals surface area contributed by atoms with E-state index in [2.05, 4.69) is 9.71 Å². The molecule has 1 aromatic heterocycles. The summed E-state index contributed by atoms with van der Waals surface area (Å²) in [4.78, 5) is 3.22. The number of thiazole rings is 1. The summed E-state index contributed by atoms with van der Waals surface area (Å²) < 4.78 is 40.3. The lowest BCUT2D eigenvalue weighted by Crippen LogP contribution is -2.16. The number of nitrogens with one attached hydrogen (secondary N) is 1. The molecule has 0 saturated heterocycles. The molecule has 102 valence electrons. The molecule has 0 fully saturated rings. The summed E-state index contributed by atoms with van der Waals surface area (Å²) >= 11 is 6.84. The summed E-state index contributed by atoms with van der Waals surface area (Å²) in [6, 6.07) is 2.32. The first-order valence-corrected chi connectivity index (χ1v) is 7.78. The lowest BCUT2D eigenvalue weighted by molar-refractivity contribution is 0.561. The molecule has 1 aromatic carbocycles. The molecule has 0 aliphatic rings.